The third-order valence-corrected chi connectivity index (χ3v) is 6.07. The summed E-state index contributed by atoms with van der Waals surface area (Å²) in [4.78, 5) is 38.3. The Morgan fingerprint density at radius 2 is 1.79 bits per heavy atom. The Kier molecular flexibility index (Phi) is 4.68. The van der Waals surface area contributed by atoms with Crippen molar-refractivity contribution in [3.8, 4) is 0 Å². The lowest BCUT2D eigenvalue weighted by Crippen LogP contribution is -2.43. The number of hydrogen-bond acceptors (Lipinski definition) is 5. The summed E-state index contributed by atoms with van der Waals surface area (Å²) in [5, 5.41) is 1.81. The maximum atomic E-state index is 12.6. The molecule has 29 heavy (non-hydrogen) atoms. The first-order chi connectivity index (χ1) is 13.8. The van der Waals surface area contributed by atoms with Crippen LogP contribution >= 0.6 is 0 Å². The summed E-state index contributed by atoms with van der Waals surface area (Å²) in [6.45, 7) is 6.29. The fourth-order valence-corrected chi connectivity index (χ4v) is 4.25. The smallest absolute Gasteiger partial charge is 0.339 e. The molecule has 0 saturated carbocycles. The predicted octanol–water partition coefficient (Wildman–Crippen LogP) is 2.87. The number of amides is 2. The second-order valence-corrected chi connectivity index (χ2v) is 7.77. The van der Waals surface area contributed by atoms with Gasteiger partial charge >= 0.3 is 5.63 Å². The molecular weight excluding hydrogens is 372 g/mol. The van der Waals surface area contributed by atoms with Crippen molar-refractivity contribution in [3.05, 3.63) is 45.0 Å². The maximum Gasteiger partial charge on any atom is 0.339 e. The third-order valence-electron chi connectivity index (χ3n) is 6.07. The number of primary amides is 1. The van der Waals surface area contributed by atoms with Crippen molar-refractivity contribution in [1.82, 2.24) is 4.90 Å². The highest BCUT2D eigenvalue weighted by molar-refractivity contribution is 5.96. The van der Waals surface area contributed by atoms with Gasteiger partial charge in [0.1, 0.15) is 23.0 Å². The first-order valence-electron chi connectivity index (χ1n) is 9.82. The minimum Gasteiger partial charge on any atom is -0.461 e. The topological polar surface area (TPSA) is 107 Å². The lowest BCUT2D eigenvalue weighted by molar-refractivity contribution is -0.137. The van der Waals surface area contributed by atoms with E-state index in [1.807, 2.05) is 26.8 Å². The summed E-state index contributed by atoms with van der Waals surface area (Å²) in [7, 11) is 0. The number of hydrogen-bond donors (Lipinski definition) is 1. The summed E-state index contributed by atoms with van der Waals surface area (Å²) < 4.78 is 11.3. The molecule has 2 amide bonds. The van der Waals surface area contributed by atoms with Gasteiger partial charge in [0.15, 0.2) is 0 Å². The average molecular weight is 396 g/mol. The second-order valence-electron chi connectivity index (χ2n) is 7.77. The molecular formula is C22H24N2O5. The number of likely N-dealkylation sites (tertiary alicyclic amines) is 1. The number of furan rings is 1. The van der Waals surface area contributed by atoms with E-state index in [1.165, 1.54) is 4.90 Å². The Balaban J connectivity index is 1.66. The Morgan fingerprint density at radius 3 is 2.52 bits per heavy atom. The molecule has 0 unspecified atom stereocenters. The molecule has 1 aromatic carbocycles. The molecule has 0 radical (unpaired) electrons. The lowest BCUT2D eigenvalue weighted by atomic mass is 10.00. The van der Waals surface area contributed by atoms with Gasteiger partial charge in [0, 0.05) is 35.4 Å². The van der Waals surface area contributed by atoms with Gasteiger partial charge in [0.2, 0.25) is 11.8 Å². The predicted molar refractivity (Wildman–Crippen MR) is 109 cm³/mol. The van der Waals surface area contributed by atoms with E-state index in [0.717, 1.165) is 34.1 Å². The van der Waals surface area contributed by atoms with Crippen molar-refractivity contribution >= 4 is 33.8 Å². The Labute approximate surface area is 167 Å². The zero-order chi connectivity index (χ0) is 20.9. The molecule has 7 heteroatoms. The van der Waals surface area contributed by atoms with E-state index in [4.69, 9.17) is 14.6 Å². The van der Waals surface area contributed by atoms with Gasteiger partial charge in [-0.25, -0.2) is 4.79 Å². The number of nitrogens with zero attached hydrogens (tertiary/aromatic N) is 1. The molecule has 0 spiro atoms. The molecule has 2 N–H and O–H groups in total. The normalized spacial score (nSPS) is 16.8. The van der Waals surface area contributed by atoms with Gasteiger partial charge in [-0.05, 0) is 57.2 Å². The largest absolute Gasteiger partial charge is 0.461 e. The first kappa shape index (κ1) is 19.2. The highest BCUT2D eigenvalue weighted by Gasteiger charge is 2.32. The molecule has 4 rings (SSSR count). The molecule has 1 fully saturated rings. The van der Waals surface area contributed by atoms with E-state index >= 15 is 0 Å². The average Bonchev–Trinajstić information content (AvgIpc) is 3.26. The number of carbonyl (C=O) groups excluding carboxylic acids is 2. The van der Waals surface area contributed by atoms with Crippen LogP contribution in [0.4, 0.5) is 0 Å². The maximum absolute atomic E-state index is 12.6. The van der Waals surface area contributed by atoms with Gasteiger partial charge < -0.3 is 19.5 Å². The molecule has 0 aliphatic carbocycles. The zero-order valence-electron chi connectivity index (χ0n) is 16.8. The van der Waals surface area contributed by atoms with Gasteiger partial charge in [-0.15, -0.1) is 0 Å². The van der Waals surface area contributed by atoms with Crippen LogP contribution in [0.25, 0.3) is 21.9 Å². The zero-order valence-corrected chi connectivity index (χ0v) is 16.8. The van der Waals surface area contributed by atoms with E-state index < -0.39 is 17.6 Å². The Hall–Kier alpha value is -3.09. The summed E-state index contributed by atoms with van der Waals surface area (Å²) in [5.74, 6) is 0.185. The Morgan fingerprint density at radius 1 is 1.10 bits per heavy atom. The van der Waals surface area contributed by atoms with Gasteiger partial charge in [-0.2, -0.15) is 0 Å². The van der Waals surface area contributed by atoms with E-state index in [1.54, 1.807) is 6.07 Å². The van der Waals surface area contributed by atoms with Crippen molar-refractivity contribution in [3.63, 3.8) is 0 Å². The van der Waals surface area contributed by atoms with Crippen LogP contribution in [0.15, 0.2) is 25.8 Å². The highest BCUT2D eigenvalue weighted by atomic mass is 16.4. The van der Waals surface area contributed by atoms with Crippen LogP contribution in [0.5, 0.6) is 0 Å². The van der Waals surface area contributed by atoms with E-state index in [0.29, 0.717) is 29.7 Å². The van der Waals surface area contributed by atoms with E-state index in [-0.39, 0.29) is 18.7 Å². The quantitative estimate of drug-likeness (QED) is 0.683. The number of aryl methyl sites for hydroxylation is 3. The van der Waals surface area contributed by atoms with Crippen LogP contribution < -0.4 is 11.4 Å². The van der Waals surface area contributed by atoms with Crippen molar-refractivity contribution in [2.45, 2.75) is 52.5 Å². The van der Waals surface area contributed by atoms with Crippen LogP contribution in [0.1, 0.15) is 41.7 Å². The number of carbonyl (C=O) groups is 2. The van der Waals surface area contributed by atoms with Gasteiger partial charge in [-0.1, -0.05) is 0 Å². The molecule has 0 bridgehead atoms. The Bertz CT molecular complexity index is 1200. The van der Waals surface area contributed by atoms with Crippen LogP contribution in [-0.4, -0.2) is 29.3 Å². The number of benzene rings is 1. The van der Waals surface area contributed by atoms with Gasteiger partial charge in [0.05, 0.1) is 0 Å². The van der Waals surface area contributed by atoms with Crippen LogP contribution in [-0.2, 0) is 16.0 Å². The van der Waals surface area contributed by atoms with Crippen LogP contribution in [0, 0.1) is 20.8 Å². The molecule has 2 aromatic heterocycles. The molecule has 1 aliphatic rings. The molecule has 152 valence electrons. The fourth-order valence-electron chi connectivity index (χ4n) is 4.25. The van der Waals surface area contributed by atoms with Crippen molar-refractivity contribution < 1.29 is 18.4 Å². The van der Waals surface area contributed by atoms with E-state index in [2.05, 4.69) is 0 Å². The minimum atomic E-state index is -0.544. The standard InChI is InChI=1S/C22H24N2O5/c1-11-13(3)28-18-10-19-16(9-15(11)18)12(2)14(22(27)29-19)6-7-20(25)24-8-4-5-17(24)21(23)26/h9-10,17H,4-8H2,1-3H3,(H2,23,26)/t17-/m1/s1. The van der Waals surface area contributed by atoms with Crippen molar-refractivity contribution in [2.75, 3.05) is 6.54 Å². The fraction of sp³-hybridized carbons (Fsp3) is 0.409. The number of fused-ring (bicyclic) bond motifs is 2. The molecule has 7 nitrogen and oxygen atoms in total. The van der Waals surface area contributed by atoms with Gasteiger partial charge in [-0.3, -0.25) is 9.59 Å². The molecule has 3 heterocycles. The van der Waals surface area contributed by atoms with E-state index in [9.17, 15) is 14.4 Å². The number of nitrogens with two attached hydrogens (primary N) is 1. The van der Waals surface area contributed by atoms with Crippen molar-refractivity contribution in [1.29, 1.82) is 0 Å². The minimum absolute atomic E-state index is 0.132. The lowest BCUT2D eigenvalue weighted by Gasteiger charge is -2.22. The second kappa shape index (κ2) is 7.06. The monoisotopic (exact) mass is 396 g/mol. The molecule has 1 saturated heterocycles. The number of rotatable bonds is 4. The van der Waals surface area contributed by atoms with Crippen LogP contribution in [0.3, 0.4) is 0 Å². The molecule has 3 aromatic rings. The first-order valence-corrected chi connectivity index (χ1v) is 9.82. The van der Waals surface area contributed by atoms with Crippen molar-refractivity contribution in [2.24, 2.45) is 5.73 Å². The SMILES string of the molecule is Cc1oc2cc3oc(=O)c(CCC(=O)N4CCC[C@@H]4C(N)=O)c(C)c3cc2c1C. The summed E-state index contributed by atoms with van der Waals surface area (Å²) in [6.07, 6.45) is 1.74. The summed E-state index contributed by atoms with van der Waals surface area (Å²) >= 11 is 0. The third kappa shape index (κ3) is 3.20. The molecule has 1 atom stereocenters. The molecule has 1 aliphatic heterocycles. The highest BCUT2D eigenvalue weighted by Crippen LogP contribution is 2.31. The van der Waals surface area contributed by atoms with Crippen LogP contribution in [0.2, 0.25) is 0 Å². The van der Waals surface area contributed by atoms with Gasteiger partial charge in [0.25, 0.3) is 0 Å². The summed E-state index contributed by atoms with van der Waals surface area (Å²) in [5.41, 5.74) is 8.44. The summed E-state index contributed by atoms with van der Waals surface area (Å²) in [6, 6.07) is 3.18.